The number of methoxy groups -OCH3 is 2. The van der Waals surface area contributed by atoms with E-state index < -0.39 is 0 Å². The third-order valence-electron chi connectivity index (χ3n) is 2.91. The number of benzene rings is 1. The Morgan fingerprint density at radius 1 is 1.33 bits per heavy atom. The van der Waals surface area contributed by atoms with Gasteiger partial charge in [-0.2, -0.15) is 0 Å². The van der Waals surface area contributed by atoms with Crippen molar-refractivity contribution >= 4 is 5.78 Å². The second kappa shape index (κ2) is 6.40. The van der Waals surface area contributed by atoms with Gasteiger partial charge in [-0.15, -0.1) is 0 Å². The van der Waals surface area contributed by atoms with Gasteiger partial charge in [0.05, 0.1) is 19.8 Å². The van der Waals surface area contributed by atoms with Crippen LogP contribution in [0.15, 0.2) is 12.1 Å². The van der Waals surface area contributed by atoms with Gasteiger partial charge in [0.25, 0.3) is 0 Å². The molecule has 0 aliphatic rings. The average molecular weight is 251 g/mol. The molecule has 1 aromatic carbocycles. The van der Waals surface area contributed by atoms with Gasteiger partial charge in [0.15, 0.2) is 5.78 Å². The Balaban J connectivity index is 3.02. The molecule has 18 heavy (non-hydrogen) atoms. The van der Waals surface area contributed by atoms with Gasteiger partial charge in [0.1, 0.15) is 11.5 Å². The van der Waals surface area contributed by atoms with Crippen molar-refractivity contribution in [3.63, 3.8) is 0 Å². The summed E-state index contributed by atoms with van der Waals surface area (Å²) in [6.45, 7) is 3.77. The molecular weight excluding hydrogens is 230 g/mol. The summed E-state index contributed by atoms with van der Waals surface area (Å²) in [7, 11) is 3.16. The number of hydrogen-bond acceptors (Lipinski definition) is 4. The zero-order valence-corrected chi connectivity index (χ0v) is 11.4. The van der Waals surface area contributed by atoms with Gasteiger partial charge in [0.2, 0.25) is 0 Å². The molecule has 0 saturated heterocycles. The van der Waals surface area contributed by atoms with Crippen molar-refractivity contribution in [1.82, 2.24) is 0 Å². The highest BCUT2D eigenvalue weighted by Crippen LogP contribution is 2.32. The molecule has 0 fully saturated rings. The lowest BCUT2D eigenvalue weighted by atomic mass is 10.0. The summed E-state index contributed by atoms with van der Waals surface area (Å²) in [5, 5.41) is 0. The number of ketones is 1. The predicted molar refractivity (Wildman–Crippen MR) is 71.5 cm³/mol. The van der Waals surface area contributed by atoms with Crippen LogP contribution in [0.25, 0.3) is 0 Å². The van der Waals surface area contributed by atoms with Gasteiger partial charge in [-0.3, -0.25) is 4.79 Å². The Hall–Kier alpha value is -1.55. The fourth-order valence-corrected chi connectivity index (χ4v) is 1.87. The number of Topliss-reactive ketones (excluding diaryl/α,β-unsaturated/α-hetero) is 1. The van der Waals surface area contributed by atoms with Crippen molar-refractivity contribution in [1.29, 1.82) is 0 Å². The fraction of sp³-hybridized carbons (Fsp3) is 0.500. The number of rotatable bonds is 6. The normalized spacial score (nSPS) is 12.1. The van der Waals surface area contributed by atoms with Crippen LogP contribution in [-0.4, -0.2) is 26.0 Å². The van der Waals surface area contributed by atoms with Gasteiger partial charge in [-0.25, -0.2) is 0 Å². The highest BCUT2D eigenvalue weighted by molar-refractivity contribution is 5.99. The summed E-state index contributed by atoms with van der Waals surface area (Å²) in [6.07, 6.45) is 1.10. The smallest absolute Gasteiger partial charge is 0.166 e. The Bertz CT molecular complexity index is 427. The Labute approximate surface area is 108 Å². The van der Waals surface area contributed by atoms with E-state index in [2.05, 4.69) is 0 Å². The van der Waals surface area contributed by atoms with Crippen LogP contribution in [0.2, 0.25) is 0 Å². The molecule has 1 atom stereocenters. The standard InChI is InChI=1S/C14H21NO3/c1-9(15)5-7-12(16)11-6-8-13(17-3)10(2)14(11)18-4/h6,8-9H,5,7,15H2,1-4H3. The molecule has 0 aliphatic heterocycles. The van der Waals surface area contributed by atoms with E-state index in [1.807, 2.05) is 13.8 Å². The van der Waals surface area contributed by atoms with Crippen LogP contribution in [0.1, 0.15) is 35.7 Å². The molecule has 4 heteroatoms. The van der Waals surface area contributed by atoms with E-state index >= 15 is 0 Å². The van der Waals surface area contributed by atoms with E-state index in [1.165, 1.54) is 0 Å². The van der Waals surface area contributed by atoms with E-state index in [0.29, 0.717) is 24.2 Å². The molecule has 100 valence electrons. The average Bonchev–Trinajstić information content (AvgIpc) is 2.35. The van der Waals surface area contributed by atoms with Crippen LogP contribution in [0, 0.1) is 6.92 Å². The minimum Gasteiger partial charge on any atom is -0.496 e. The van der Waals surface area contributed by atoms with Crippen molar-refractivity contribution < 1.29 is 14.3 Å². The molecule has 1 unspecified atom stereocenters. The first kappa shape index (κ1) is 14.5. The summed E-state index contributed by atoms with van der Waals surface area (Å²) >= 11 is 0. The quantitative estimate of drug-likeness (QED) is 0.788. The van der Waals surface area contributed by atoms with Gasteiger partial charge >= 0.3 is 0 Å². The van der Waals surface area contributed by atoms with E-state index in [4.69, 9.17) is 15.2 Å². The Morgan fingerprint density at radius 2 is 2.00 bits per heavy atom. The lowest BCUT2D eigenvalue weighted by molar-refractivity contribution is 0.0975. The molecule has 1 rings (SSSR count). The molecular formula is C14H21NO3. The molecule has 0 bridgehead atoms. The fourth-order valence-electron chi connectivity index (χ4n) is 1.87. The van der Waals surface area contributed by atoms with Crippen LogP contribution in [0.3, 0.4) is 0 Å². The summed E-state index contributed by atoms with van der Waals surface area (Å²) in [5.74, 6) is 1.36. The van der Waals surface area contributed by atoms with Crippen LogP contribution < -0.4 is 15.2 Å². The van der Waals surface area contributed by atoms with Crippen LogP contribution in [0.4, 0.5) is 0 Å². The molecule has 0 spiro atoms. The topological polar surface area (TPSA) is 61.5 Å². The van der Waals surface area contributed by atoms with Gasteiger partial charge < -0.3 is 15.2 Å². The third-order valence-corrected chi connectivity index (χ3v) is 2.91. The number of ether oxygens (including phenoxy) is 2. The number of hydrogen-bond donors (Lipinski definition) is 1. The van der Waals surface area contributed by atoms with E-state index in [-0.39, 0.29) is 11.8 Å². The predicted octanol–water partition coefficient (Wildman–Crippen LogP) is 2.32. The molecule has 4 nitrogen and oxygen atoms in total. The summed E-state index contributed by atoms with van der Waals surface area (Å²) in [5.41, 5.74) is 7.09. The number of nitrogens with two attached hydrogens (primary N) is 1. The summed E-state index contributed by atoms with van der Waals surface area (Å²) < 4.78 is 10.5. The van der Waals surface area contributed by atoms with E-state index in [1.54, 1.807) is 26.4 Å². The maximum Gasteiger partial charge on any atom is 0.166 e. The molecule has 1 aromatic rings. The number of carbonyl (C=O) groups excluding carboxylic acids is 1. The van der Waals surface area contributed by atoms with Gasteiger partial charge in [-0.05, 0) is 32.4 Å². The van der Waals surface area contributed by atoms with E-state index in [0.717, 1.165) is 11.3 Å². The second-order valence-electron chi connectivity index (χ2n) is 4.41. The minimum absolute atomic E-state index is 0.0271. The van der Waals surface area contributed by atoms with Crippen molar-refractivity contribution in [2.24, 2.45) is 5.73 Å². The largest absolute Gasteiger partial charge is 0.496 e. The van der Waals surface area contributed by atoms with Crippen LogP contribution in [0.5, 0.6) is 11.5 Å². The maximum atomic E-state index is 12.1. The molecule has 2 N–H and O–H groups in total. The summed E-state index contributed by atoms with van der Waals surface area (Å²) in [4.78, 5) is 12.1. The van der Waals surface area contributed by atoms with Gasteiger partial charge in [-0.1, -0.05) is 0 Å². The van der Waals surface area contributed by atoms with Crippen molar-refractivity contribution in [2.75, 3.05) is 14.2 Å². The van der Waals surface area contributed by atoms with E-state index in [9.17, 15) is 4.79 Å². The zero-order valence-electron chi connectivity index (χ0n) is 11.4. The van der Waals surface area contributed by atoms with Crippen LogP contribution in [-0.2, 0) is 0 Å². The van der Waals surface area contributed by atoms with Crippen molar-refractivity contribution in [3.05, 3.63) is 23.3 Å². The van der Waals surface area contributed by atoms with Crippen molar-refractivity contribution in [3.8, 4) is 11.5 Å². The Kier molecular flexibility index (Phi) is 5.16. The first-order valence-corrected chi connectivity index (χ1v) is 6.01. The first-order valence-electron chi connectivity index (χ1n) is 6.01. The van der Waals surface area contributed by atoms with Crippen LogP contribution >= 0.6 is 0 Å². The summed E-state index contributed by atoms with van der Waals surface area (Å²) in [6, 6.07) is 3.56. The number of carbonyl (C=O) groups is 1. The van der Waals surface area contributed by atoms with Gasteiger partial charge in [0, 0.05) is 18.0 Å². The molecule has 0 aromatic heterocycles. The highest BCUT2D eigenvalue weighted by atomic mass is 16.5. The minimum atomic E-state index is 0.0271. The Morgan fingerprint density at radius 3 is 2.50 bits per heavy atom. The molecule has 0 radical (unpaired) electrons. The molecule has 0 saturated carbocycles. The molecule has 0 amide bonds. The SMILES string of the molecule is COc1ccc(C(=O)CCC(C)N)c(OC)c1C. The first-order chi connectivity index (χ1) is 8.51. The highest BCUT2D eigenvalue weighted by Gasteiger charge is 2.17. The zero-order chi connectivity index (χ0) is 13.7. The third kappa shape index (κ3) is 3.23. The lowest BCUT2D eigenvalue weighted by Crippen LogP contribution is -2.16. The van der Waals surface area contributed by atoms with Crippen molar-refractivity contribution in [2.45, 2.75) is 32.7 Å². The lowest BCUT2D eigenvalue weighted by Gasteiger charge is -2.14. The molecule has 0 aliphatic carbocycles. The monoisotopic (exact) mass is 251 g/mol. The maximum absolute atomic E-state index is 12.1. The second-order valence-corrected chi connectivity index (χ2v) is 4.41. The molecule has 0 heterocycles.